The van der Waals surface area contributed by atoms with E-state index >= 15 is 0 Å². The van der Waals surface area contributed by atoms with Crippen LogP contribution in [0.15, 0.2) is 54.9 Å². The summed E-state index contributed by atoms with van der Waals surface area (Å²) in [5, 5.41) is 7.32. The topological polar surface area (TPSA) is 126 Å². The summed E-state index contributed by atoms with van der Waals surface area (Å²) in [6.07, 6.45) is 3.63. The summed E-state index contributed by atoms with van der Waals surface area (Å²) in [4.78, 5) is 33.9. The van der Waals surface area contributed by atoms with E-state index in [4.69, 9.17) is 5.73 Å². The highest BCUT2D eigenvalue weighted by Gasteiger charge is 2.18. The van der Waals surface area contributed by atoms with Gasteiger partial charge in [-0.3, -0.25) is 19.6 Å². The van der Waals surface area contributed by atoms with Gasteiger partial charge in [-0.05, 0) is 63.1 Å². The Bertz CT molecular complexity index is 1580. The number of benzene rings is 2. The van der Waals surface area contributed by atoms with Gasteiger partial charge in [0.1, 0.15) is 5.69 Å². The Hall–Kier alpha value is -4.47. The van der Waals surface area contributed by atoms with Crippen molar-refractivity contribution in [2.24, 2.45) is 5.73 Å². The van der Waals surface area contributed by atoms with Crippen molar-refractivity contribution in [3.8, 4) is 0 Å². The van der Waals surface area contributed by atoms with Crippen LogP contribution in [0.4, 0.5) is 5.95 Å². The maximum atomic E-state index is 13.1. The van der Waals surface area contributed by atoms with E-state index in [1.165, 1.54) is 0 Å². The number of anilines is 1. The summed E-state index contributed by atoms with van der Waals surface area (Å²) in [6.45, 7) is 5.84. The number of hydrogen-bond donors (Lipinski definition) is 2. The third kappa shape index (κ3) is 4.45. The molecule has 2 aromatic carbocycles. The van der Waals surface area contributed by atoms with Gasteiger partial charge in [0, 0.05) is 25.2 Å². The molecule has 184 valence electrons. The van der Waals surface area contributed by atoms with E-state index in [9.17, 15) is 9.59 Å². The summed E-state index contributed by atoms with van der Waals surface area (Å²) < 4.78 is 5.79. The lowest BCUT2D eigenvalue weighted by Gasteiger charge is -2.11. The number of nitrogens with two attached hydrogens (primary N) is 1. The average Bonchev–Trinajstić information content (AvgIpc) is 3.56. The van der Waals surface area contributed by atoms with Crippen LogP contribution in [0.1, 0.15) is 46.3 Å². The number of carbonyl (C=O) groups excluding carboxylic acids is 2. The fourth-order valence-electron chi connectivity index (χ4n) is 4.48. The van der Waals surface area contributed by atoms with Crippen molar-refractivity contribution >= 4 is 39.8 Å². The minimum Gasteiger partial charge on any atom is -0.366 e. The van der Waals surface area contributed by atoms with Crippen LogP contribution in [0.5, 0.6) is 0 Å². The molecule has 2 amide bonds. The Morgan fingerprint density at radius 1 is 1.00 bits per heavy atom. The molecule has 36 heavy (non-hydrogen) atoms. The van der Waals surface area contributed by atoms with Crippen molar-refractivity contribution in [1.29, 1.82) is 0 Å². The second-order valence-corrected chi connectivity index (χ2v) is 8.73. The minimum absolute atomic E-state index is 0.283. The van der Waals surface area contributed by atoms with E-state index < -0.39 is 5.91 Å². The molecule has 0 spiro atoms. The molecule has 0 saturated heterocycles. The highest BCUT2D eigenvalue weighted by molar-refractivity contribution is 6.03. The van der Waals surface area contributed by atoms with Crippen LogP contribution in [0, 0.1) is 6.92 Å². The standard InChI is InChI=1S/C26H28N8O2/c1-3-34-23(14-17(2)31-34)25(36)30-26-29-20-15-18(24(27)35)10-11-22(20)33(26)13-7-6-12-32-16-28-19-8-4-5-9-21(19)32/h4-5,8-11,14-16H,3,6-7,12-13H2,1-2H3,(H2,27,35)(H,29,30,36). The van der Waals surface area contributed by atoms with E-state index in [1.807, 2.05) is 49.0 Å². The Balaban J connectivity index is 1.38. The molecule has 0 saturated carbocycles. The largest absolute Gasteiger partial charge is 0.366 e. The number of amides is 2. The van der Waals surface area contributed by atoms with Gasteiger partial charge in [0.2, 0.25) is 11.9 Å². The van der Waals surface area contributed by atoms with Gasteiger partial charge in [-0.25, -0.2) is 9.97 Å². The monoisotopic (exact) mass is 484 g/mol. The first-order valence-electron chi connectivity index (χ1n) is 12.0. The summed E-state index contributed by atoms with van der Waals surface area (Å²) in [6, 6.07) is 15.0. The Labute approximate surface area is 207 Å². The maximum Gasteiger partial charge on any atom is 0.276 e. The van der Waals surface area contributed by atoms with Crippen LogP contribution in [0.2, 0.25) is 0 Å². The van der Waals surface area contributed by atoms with Gasteiger partial charge < -0.3 is 14.9 Å². The number of primary amides is 1. The van der Waals surface area contributed by atoms with Crippen molar-refractivity contribution in [3.05, 3.63) is 71.8 Å². The van der Waals surface area contributed by atoms with Gasteiger partial charge in [-0.1, -0.05) is 12.1 Å². The van der Waals surface area contributed by atoms with Crippen LogP contribution < -0.4 is 11.1 Å². The van der Waals surface area contributed by atoms with Gasteiger partial charge in [-0.2, -0.15) is 5.10 Å². The highest BCUT2D eigenvalue weighted by atomic mass is 16.2. The molecule has 5 rings (SSSR count). The van der Waals surface area contributed by atoms with Crippen LogP contribution in [-0.4, -0.2) is 40.7 Å². The minimum atomic E-state index is -0.521. The summed E-state index contributed by atoms with van der Waals surface area (Å²) in [7, 11) is 0. The van der Waals surface area contributed by atoms with Gasteiger partial charge in [0.15, 0.2) is 0 Å². The number of rotatable bonds is 9. The molecule has 0 bridgehead atoms. The Morgan fingerprint density at radius 2 is 1.81 bits per heavy atom. The van der Waals surface area contributed by atoms with Crippen LogP contribution in [0.3, 0.4) is 0 Å². The number of aromatic nitrogens is 6. The molecule has 0 fully saturated rings. The van der Waals surface area contributed by atoms with Crippen molar-refractivity contribution in [3.63, 3.8) is 0 Å². The Kier molecular flexibility index (Phi) is 6.24. The van der Waals surface area contributed by atoms with Crippen molar-refractivity contribution in [2.75, 3.05) is 5.32 Å². The number of fused-ring (bicyclic) bond motifs is 2. The maximum absolute atomic E-state index is 13.1. The van der Waals surface area contributed by atoms with E-state index in [0.29, 0.717) is 35.8 Å². The molecular weight excluding hydrogens is 456 g/mol. The molecule has 0 unspecified atom stereocenters. The number of nitrogens with zero attached hydrogens (tertiary/aromatic N) is 6. The normalized spacial score (nSPS) is 11.4. The second-order valence-electron chi connectivity index (χ2n) is 8.73. The molecule has 5 aromatic rings. The molecule has 0 aliphatic rings. The lowest BCUT2D eigenvalue weighted by atomic mass is 10.2. The third-order valence-electron chi connectivity index (χ3n) is 6.25. The third-order valence-corrected chi connectivity index (χ3v) is 6.25. The first-order chi connectivity index (χ1) is 17.4. The number of imidazole rings is 2. The zero-order valence-corrected chi connectivity index (χ0v) is 20.3. The first kappa shape index (κ1) is 23.3. The van der Waals surface area contributed by atoms with E-state index in [-0.39, 0.29) is 5.91 Å². The lowest BCUT2D eigenvalue weighted by Crippen LogP contribution is -2.20. The summed E-state index contributed by atoms with van der Waals surface area (Å²) >= 11 is 0. The highest BCUT2D eigenvalue weighted by Crippen LogP contribution is 2.23. The number of hydrogen-bond acceptors (Lipinski definition) is 5. The summed E-state index contributed by atoms with van der Waals surface area (Å²) in [5.74, 6) is -0.382. The molecular formula is C26H28N8O2. The van der Waals surface area contributed by atoms with Gasteiger partial charge in [0.05, 0.1) is 34.1 Å². The van der Waals surface area contributed by atoms with Crippen molar-refractivity contribution in [1.82, 2.24) is 28.9 Å². The quantitative estimate of drug-likeness (QED) is 0.308. The van der Waals surface area contributed by atoms with Crippen LogP contribution >= 0.6 is 0 Å². The molecule has 10 heteroatoms. The molecule has 3 heterocycles. The van der Waals surface area contributed by atoms with Crippen LogP contribution in [-0.2, 0) is 19.6 Å². The van der Waals surface area contributed by atoms with Crippen molar-refractivity contribution < 1.29 is 9.59 Å². The molecule has 0 atom stereocenters. The zero-order valence-electron chi connectivity index (χ0n) is 20.3. The van der Waals surface area contributed by atoms with E-state index in [2.05, 4.69) is 31.0 Å². The van der Waals surface area contributed by atoms with Gasteiger partial charge in [-0.15, -0.1) is 0 Å². The molecule has 10 nitrogen and oxygen atoms in total. The van der Waals surface area contributed by atoms with Gasteiger partial charge >= 0.3 is 0 Å². The van der Waals surface area contributed by atoms with Gasteiger partial charge in [0.25, 0.3) is 5.91 Å². The number of nitrogens with one attached hydrogen (secondary N) is 1. The molecule has 3 aromatic heterocycles. The fourth-order valence-corrected chi connectivity index (χ4v) is 4.48. The molecule has 0 aliphatic heterocycles. The number of carbonyl (C=O) groups is 2. The lowest BCUT2D eigenvalue weighted by molar-refractivity contribution is 0.0996. The predicted molar refractivity (Wildman–Crippen MR) is 138 cm³/mol. The number of unbranched alkanes of at least 4 members (excludes halogenated alkanes) is 1. The van der Waals surface area contributed by atoms with E-state index in [1.54, 1.807) is 22.9 Å². The summed E-state index contributed by atoms with van der Waals surface area (Å²) in [5.41, 5.74) is 10.6. The molecule has 0 aliphatic carbocycles. The number of para-hydroxylation sites is 2. The SMILES string of the molecule is CCn1nc(C)cc1C(=O)Nc1nc2cc(C(N)=O)ccc2n1CCCCn1cnc2ccccc21. The first-order valence-corrected chi connectivity index (χ1v) is 12.0. The number of aryl methyl sites for hydroxylation is 4. The predicted octanol–water partition coefficient (Wildman–Crippen LogP) is 3.74. The van der Waals surface area contributed by atoms with Crippen LogP contribution in [0.25, 0.3) is 22.1 Å². The second kappa shape index (κ2) is 9.65. The Morgan fingerprint density at radius 3 is 2.61 bits per heavy atom. The van der Waals surface area contributed by atoms with E-state index in [0.717, 1.165) is 41.6 Å². The fraction of sp³-hybridized carbons (Fsp3) is 0.269. The molecule has 0 radical (unpaired) electrons. The smallest absolute Gasteiger partial charge is 0.276 e. The molecule has 3 N–H and O–H groups in total. The van der Waals surface area contributed by atoms with Crippen molar-refractivity contribution in [2.45, 2.75) is 46.3 Å². The average molecular weight is 485 g/mol. The zero-order chi connectivity index (χ0) is 25.2.